The number of hydrogen-bond acceptors (Lipinski definition) is 5. The van der Waals surface area contributed by atoms with Crippen LogP contribution in [0.1, 0.15) is 23.2 Å². The zero-order chi connectivity index (χ0) is 13.9. The molecule has 0 spiro atoms. The van der Waals surface area contributed by atoms with Crippen molar-refractivity contribution in [2.45, 2.75) is 12.8 Å². The Bertz CT molecular complexity index is 672. The van der Waals surface area contributed by atoms with Crippen molar-refractivity contribution in [3.63, 3.8) is 0 Å². The molecule has 1 amide bonds. The van der Waals surface area contributed by atoms with Crippen molar-refractivity contribution in [3.05, 3.63) is 33.7 Å². The number of carbonyl (C=O) groups excluding carboxylic acids is 1. The van der Waals surface area contributed by atoms with Crippen LogP contribution in [0.2, 0.25) is 0 Å². The van der Waals surface area contributed by atoms with E-state index in [2.05, 4.69) is 15.6 Å². The number of hydrogen-bond donors (Lipinski definition) is 2. The van der Waals surface area contributed by atoms with Crippen molar-refractivity contribution >= 4 is 22.2 Å². The van der Waals surface area contributed by atoms with E-state index in [9.17, 15) is 9.59 Å². The van der Waals surface area contributed by atoms with Crippen LogP contribution in [0, 0.1) is 5.92 Å². The quantitative estimate of drug-likeness (QED) is 0.860. The lowest BCUT2D eigenvalue weighted by Crippen LogP contribution is -2.32. The standard InChI is InChI=1S/C13H16N4O2S/c18-11(15-4-2-9-1-3-14-7-9)10-8-16-13-17(12(10)19)5-6-20-13/h5-6,8-9,14H,1-4,7H2,(H,15,18). The highest BCUT2D eigenvalue weighted by Gasteiger charge is 2.16. The lowest BCUT2D eigenvalue weighted by molar-refractivity contribution is 0.0949. The number of carbonyl (C=O) groups is 1. The third-order valence-electron chi connectivity index (χ3n) is 3.59. The summed E-state index contributed by atoms with van der Waals surface area (Å²) in [6.07, 6.45) is 5.09. The molecule has 3 heterocycles. The molecule has 7 heteroatoms. The van der Waals surface area contributed by atoms with Gasteiger partial charge in [0.2, 0.25) is 0 Å². The van der Waals surface area contributed by atoms with Gasteiger partial charge in [0.05, 0.1) is 0 Å². The van der Waals surface area contributed by atoms with Crippen molar-refractivity contribution in [1.82, 2.24) is 20.0 Å². The molecule has 0 radical (unpaired) electrons. The molecule has 1 saturated heterocycles. The molecule has 2 aromatic rings. The molecular formula is C13H16N4O2S. The Hall–Kier alpha value is -1.73. The Morgan fingerprint density at radius 1 is 1.60 bits per heavy atom. The number of nitrogens with one attached hydrogen (secondary N) is 2. The second-order valence-electron chi connectivity index (χ2n) is 4.94. The van der Waals surface area contributed by atoms with E-state index < -0.39 is 0 Å². The minimum absolute atomic E-state index is 0.102. The molecule has 1 unspecified atom stereocenters. The van der Waals surface area contributed by atoms with Gasteiger partial charge in [0, 0.05) is 24.3 Å². The number of fused-ring (bicyclic) bond motifs is 1. The average Bonchev–Trinajstić information content (AvgIpc) is 3.09. The minimum atomic E-state index is -0.339. The first-order valence-electron chi connectivity index (χ1n) is 6.69. The van der Waals surface area contributed by atoms with E-state index in [1.54, 1.807) is 11.6 Å². The van der Waals surface area contributed by atoms with Gasteiger partial charge in [-0.05, 0) is 31.8 Å². The van der Waals surface area contributed by atoms with E-state index in [-0.39, 0.29) is 17.0 Å². The summed E-state index contributed by atoms with van der Waals surface area (Å²) >= 11 is 1.37. The molecule has 1 aliphatic heterocycles. The van der Waals surface area contributed by atoms with Gasteiger partial charge in [-0.2, -0.15) is 0 Å². The van der Waals surface area contributed by atoms with Gasteiger partial charge in [0.1, 0.15) is 5.56 Å². The van der Waals surface area contributed by atoms with E-state index >= 15 is 0 Å². The van der Waals surface area contributed by atoms with Crippen LogP contribution in [0.15, 0.2) is 22.6 Å². The highest BCUT2D eigenvalue weighted by molar-refractivity contribution is 7.15. The Morgan fingerprint density at radius 3 is 3.30 bits per heavy atom. The normalized spacial score (nSPS) is 18.5. The third kappa shape index (κ3) is 2.59. The molecule has 0 bridgehead atoms. The zero-order valence-corrected chi connectivity index (χ0v) is 11.8. The molecule has 0 saturated carbocycles. The van der Waals surface area contributed by atoms with Crippen LogP contribution in [0.3, 0.4) is 0 Å². The third-order valence-corrected chi connectivity index (χ3v) is 4.36. The Morgan fingerprint density at radius 2 is 2.50 bits per heavy atom. The topological polar surface area (TPSA) is 75.5 Å². The maximum absolute atomic E-state index is 12.1. The number of rotatable bonds is 4. The van der Waals surface area contributed by atoms with Gasteiger partial charge < -0.3 is 10.6 Å². The second-order valence-corrected chi connectivity index (χ2v) is 5.81. The first-order chi connectivity index (χ1) is 9.75. The van der Waals surface area contributed by atoms with Gasteiger partial charge >= 0.3 is 0 Å². The molecule has 106 valence electrons. The predicted molar refractivity (Wildman–Crippen MR) is 77.3 cm³/mol. The molecule has 2 N–H and O–H groups in total. The number of nitrogens with zero attached hydrogens (tertiary/aromatic N) is 2. The number of amides is 1. The zero-order valence-electron chi connectivity index (χ0n) is 11.0. The molecule has 1 aliphatic rings. The summed E-state index contributed by atoms with van der Waals surface area (Å²) < 4.78 is 1.40. The first-order valence-corrected chi connectivity index (χ1v) is 7.57. The molecule has 2 aromatic heterocycles. The van der Waals surface area contributed by atoms with Crippen LogP contribution in [0.5, 0.6) is 0 Å². The highest BCUT2D eigenvalue weighted by atomic mass is 32.1. The van der Waals surface area contributed by atoms with Crippen molar-refractivity contribution in [3.8, 4) is 0 Å². The van der Waals surface area contributed by atoms with Gasteiger partial charge in [0.15, 0.2) is 4.96 Å². The van der Waals surface area contributed by atoms with Crippen LogP contribution in [-0.2, 0) is 0 Å². The van der Waals surface area contributed by atoms with E-state index in [1.807, 2.05) is 0 Å². The molecule has 20 heavy (non-hydrogen) atoms. The van der Waals surface area contributed by atoms with Crippen molar-refractivity contribution in [2.75, 3.05) is 19.6 Å². The molecule has 1 atom stereocenters. The fourth-order valence-corrected chi connectivity index (χ4v) is 3.10. The Balaban J connectivity index is 1.65. The van der Waals surface area contributed by atoms with Crippen molar-refractivity contribution < 1.29 is 4.79 Å². The fourth-order valence-electron chi connectivity index (χ4n) is 2.43. The summed E-state index contributed by atoms with van der Waals surface area (Å²) in [7, 11) is 0. The maximum Gasteiger partial charge on any atom is 0.271 e. The maximum atomic E-state index is 12.1. The van der Waals surface area contributed by atoms with E-state index in [1.165, 1.54) is 21.9 Å². The molecule has 0 aliphatic carbocycles. The summed E-state index contributed by atoms with van der Waals surface area (Å²) in [6.45, 7) is 2.66. The first kappa shape index (κ1) is 13.3. The molecule has 0 aromatic carbocycles. The second kappa shape index (κ2) is 5.72. The predicted octanol–water partition coefficient (Wildman–Crippen LogP) is 0.485. The van der Waals surface area contributed by atoms with Crippen LogP contribution in [0.25, 0.3) is 4.96 Å². The van der Waals surface area contributed by atoms with Gasteiger partial charge in [-0.1, -0.05) is 0 Å². The summed E-state index contributed by atoms with van der Waals surface area (Å²) in [5.74, 6) is 0.280. The monoisotopic (exact) mass is 292 g/mol. The van der Waals surface area contributed by atoms with Crippen molar-refractivity contribution in [2.24, 2.45) is 5.92 Å². The van der Waals surface area contributed by atoms with Gasteiger partial charge in [-0.15, -0.1) is 11.3 Å². The van der Waals surface area contributed by atoms with Gasteiger partial charge in [-0.3, -0.25) is 14.0 Å². The van der Waals surface area contributed by atoms with Gasteiger partial charge in [0.25, 0.3) is 11.5 Å². The van der Waals surface area contributed by atoms with Crippen LogP contribution in [0.4, 0.5) is 0 Å². The highest BCUT2D eigenvalue weighted by Crippen LogP contribution is 2.11. The Kier molecular flexibility index (Phi) is 3.79. The lowest BCUT2D eigenvalue weighted by atomic mass is 10.1. The van der Waals surface area contributed by atoms with Gasteiger partial charge in [-0.25, -0.2) is 4.98 Å². The number of thiazole rings is 1. The van der Waals surface area contributed by atoms with E-state index in [4.69, 9.17) is 0 Å². The SMILES string of the molecule is O=C(NCCC1CCNC1)c1cnc2sccn2c1=O. The van der Waals surface area contributed by atoms with E-state index in [0.717, 1.165) is 25.9 Å². The van der Waals surface area contributed by atoms with Crippen LogP contribution in [-0.4, -0.2) is 34.9 Å². The van der Waals surface area contributed by atoms with E-state index in [0.29, 0.717) is 17.4 Å². The molecule has 6 nitrogen and oxygen atoms in total. The molecule has 1 fully saturated rings. The smallest absolute Gasteiger partial charge is 0.271 e. The van der Waals surface area contributed by atoms with Crippen LogP contribution >= 0.6 is 11.3 Å². The average molecular weight is 292 g/mol. The summed E-state index contributed by atoms with van der Waals surface area (Å²) in [5, 5.41) is 7.88. The summed E-state index contributed by atoms with van der Waals surface area (Å²) in [6, 6.07) is 0. The largest absolute Gasteiger partial charge is 0.352 e. The number of aromatic nitrogens is 2. The molecular weight excluding hydrogens is 276 g/mol. The van der Waals surface area contributed by atoms with Crippen LogP contribution < -0.4 is 16.2 Å². The van der Waals surface area contributed by atoms with Crippen molar-refractivity contribution in [1.29, 1.82) is 0 Å². The summed E-state index contributed by atoms with van der Waals surface area (Å²) in [5.41, 5.74) is -0.207. The summed E-state index contributed by atoms with van der Waals surface area (Å²) in [4.78, 5) is 28.9. The fraction of sp³-hybridized carbons (Fsp3) is 0.462. The minimum Gasteiger partial charge on any atom is -0.352 e. The Labute approximate surface area is 119 Å². The lowest BCUT2D eigenvalue weighted by Gasteiger charge is -2.09. The molecule has 3 rings (SSSR count).